The van der Waals surface area contributed by atoms with Crippen LogP contribution in [0.3, 0.4) is 0 Å². The molecule has 0 bridgehead atoms. The average Bonchev–Trinajstić information content (AvgIpc) is 3.25. The number of hydrogen-bond acceptors (Lipinski definition) is 7. The molecule has 0 aliphatic carbocycles. The summed E-state index contributed by atoms with van der Waals surface area (Å²) in [6.45, 7) is 1.98. The number of piperidine rings is 1. The molecular weight excluding hydrogens is 328 g/mol. The van der Waals surface area contributed by atoms with Crippen LogP contribution in [-0.4, -0.2) is 38.7 Å². The van der Waals surface area contributed by atoms with Gasteiger partial charge >= 0.3 is 5.82 Å². The fraction of sp³-hybridized carbons (Fsp3) is 0.333. The van der Waals surface area contributed by atoms with E-state index in [1.807, 2.05) is 6.07 Å². The van der Waals surface area contributed by atoms with Gasteiger partial charge in [0.1, 0.15) is 6.20 Å². The minimum atomic E-state index is -0.476. The Morgan fingerprint density at radius 3 is 2.83 bits per heavy atom. The third kappa shape index (κ3) is 2.78. The molecular formula is C15H16N6O2S. The van der Waals surface area contributed by atoms with Gasteiger partial charge in [-0.3, -0.25) is 0 Å². The van der Waals surface area contributed by atoms with Crippen LogP contribution < -0.4 is 10.2 Å². The maximum absolute atomic E-state index is 11.0. The van der Waals surface area contributed by atoms with E-state index in [9.17, 15) is 10.1 Å². The molecule has 0 saturated carbocycles. The third-order valence-electron chi connectivity index (χ3n) is 4.20. The smallest absolute Gasteiger partial charge is 0.364 e. The molecule has 124 valence electrons. The highest BCUT2D eigenvalue weighted by molar-refractivity contribution is 7.14. The normalized spacial score (nSPS) is 15.8. The Morgan fingerprint density at radius 1 is 1.29 bits per heavy atom. The second-order valence-electron chi connectivity index (χ2n) is 5.72. The van der Waals surface area contributed by atoms with Gasteiger partial charge in [0.05, 0.1) is 5.00 Å². The van der Waals surface area contributed by atoms with E-state index >= 15 is 0 Å². The fourth-order valence-corrected chi connectivity index (χ4v) is 3.75. The Morgan fingerprint density at radius 2 is 2.12 bits per heavy atom. The zero-order valence-electron chi connectivity index (χ0n) is 12.8. The summed E-state index contributed by atoms with van der Waals surface area (Å²) >= 11 is 1.76. The average molecular weight is 344 g/mol. The first-order valence-electron chi connectivity index (χ1n) is 7.75. The molecule has 1 aliphatic heterocycles. The lowest BCUT2D eigenvalue weighted by Gasteiger charge is -2.33. The van der Waals surface area contributed by atoms with E-state index in [1.54, 1.807) is 17.4 Å². The van der Waals surface area contributed by atoms with Crippen LogP contribution in [0.15, 0.2) is 35.8 Å². The summed E-state index contributed by atoms with van der Waals surface area (Å²) in [5, 5.41) is 22.1. The molecule has 1 fully saturated rings. The lowest BCUT2D eigenvalue weighted by molar-refractivity contribution is -0.391. The van der Waals surface area contributed by atoms with Crippen molar-refractivity contribution in [3.8, 4) is 0 Å². The molecule has 0 amide bonds. The van der Waals surface area contributed by atoms with Crippen LogP contribution in [0.5, 0.6) is 0 Å². The van der Waals surface area contributed by atoms with E-state index in [4.69, 9.17) is 0 Å². The van der Waals surface area contributed by atoms with Gasteiger partial charge in [-0.15, -0.1) is 11.3 Å². The third-order valence-corrected chi connectivity index (χ3v) is 5.13. The van der Waals surface area contributed by atoms with Crippen molar-refractivity contribution in [2.24, 2.45) is 0 Å². The number of rotatable bonds is 4. The van der Waals surface area contributed by atoms with Crippen molar-refractivity contribution in [1.82, 2.24) is 14.6 Å². The summed E-state index contributed by atoms with van der Waals surface area (Å²) in [5.41, 5.74) is 0.472. The maximum atomic E-state index is 11.0. The molecule has 4 heterocycles. The standard InChI is InChI=1S/C15H16N6O2S/c22-21(23)14-10-16-13-4-3-12(18-20(13)14)17-11-5-7-19(8-6-11)15-2-1-9-24-15/h1-4,9-11H,5-8H2,(H,17,18). The number of thiophene rings is 1. The van der Waals surface area contributed by atoms with Gasteiger partial charge < -0.3 is 20.3 Å². The molecule has 8 nitrogen and oxygen atoms in total. The Labute approximate surface area is 141 Å². The van der Waals surface area contributed by atoms with Crippen LogP contribution in [0.4, 0.5) is 16.6 Å². The minimum absolute atomic E-state index is 0.124. The Bertz CT molecular complexity index is 854. The summed E-state index contributed by atoms with van der Waals surface area (Å²) in [6.07, 6.45) is 3.24. The number of imidazole rings is 1. The molecule has 24 heavy (non-hydrogen) atoms. The first-order chi connectivity index (χ1) is 11.7. The number of fused-ring (bicyclic) bond motifs is 1. The molecule has 3 aromatic heterocycles. The molecule has 1 saturated heterocycles. The van der Waals surface area contributed by atoms with Crippen molar-refractivity contribution in [3.63, 3.8) is 0 Å². The zero-order valence-corrected chi connectivity index (χ0v) is 13.6. The van der Waals surface area contributed by atoms with Gasteiger partial charge in [0.15, 0.2) is 5.82 Å². The van der Waals surface area contributed by atoms with Gasteiger partial charge in [0, 0.05) is 25.2 Å². The van der Waals surface area contributed by atoms with Gasteiger partial charge in [-0.1, -0.05) is 9.61 Å². The number of nitro groups is 1. The van der Waals surface area contributed by atoms with Crippen LogP contribution in [0.25, 0.3) is 5.65 Å². The molecule has 1 N–H and O–H groups in total. The van der Waals surface area contributed by atoms with Gasteiger partial charge in [0.25, 0.3) is 0 Å². The van der Waals surface area contributed by atoms with E-state index in [2.05, 4.69) is 37.8 Å². The number of anilines is 2. The van der Waals surface area contributed by atoms with Crippen molar-refractivity contribution in [2.45, 2.75) is 18.9 Å². The number of aromatic nitrogens is 3. The maximum Gasteiger partial charge on any atom is 0.368 e. The molecule has 9 heteroatoms. The molecule has 0 radical (unpaired) electrons. The minimum Gasteiger partial charge on any atom is -0.364 e. The van der Waals surface area contributed by atoms with Crippen molar-refractivity contribution < 1.29 is 4.92 Å². The molecule has 3 aromatic rings. The van der Waals surface area contributed by atoms with Crippen LogP contribution >= 0.6 is 11.3 Å². The van der Waals surface area contributed by atoms with Crippen LogP contribution in [0, 0.1) is 10.1 Å². The van der Waals surface area contributed by atoms with E-state index in [0.29, 0.717) is 17.5 Å². The SMILES string of the molecule is O=[N+]([O-])c1cnc2ccc(NC3CCN(c4cccs4)CC3)nn12. The summed E-state index contributed by atoms with van der Waals surface area (Å²) in [7, 11) is 0. The monoisotopic (exact) mass is 344 g/mol. The van der Waals surface area contributed by atoms with E-state index in [0.717, 1.165) is 25.9 Å². The number of nitrogens with one attached hydrogen (secondary N) is 1. The first kappa shape index (κ1) is 14.9. The lowest BCUT2D eigenvalue weighted by Crippen LogP contribution is -2.39. The lowest BCUT2D eigenvalue weighted by atomic mass is 10.1. The number of hydrogen-bond donors (Lipinski definition) is 1. The summed E-state index contributed by atoms with van der Waals surface area (Å²) in [5.74, 6) is 0.513. The highest BCUT2D eigenvalue weighted by Gasteiger charge is 2.21. The summed E-state index contributed by atoms with van der Waals surface area (Å²) in [4.78, 5) is 16.9. The second kappa shape index (κ2) is 6.08. The molecule has 0 spiro atoms. The summed E-state index contributed by atoms with van der Waals surface area (Å²) in [6, 6.07) is 8.09. The first-order valence-corrected chi connectivity index (χ1v) is 8.63. The van der Waals surface area contributed by atoms with Gasteiger partial charge in [-0.25, -0.2) is 4.98 Å². The Hall–Kier alpha value is -2.68. The van der Waals surface area contributed by atoms with Crippen LogP contribution in [0.1, 0.15) is 12.8 Å². The highest BCUT2D eigenvalue weighted by Crippen LogP contribution is 2.26. The van der Waals surface area contributed by atoms with Crippen molar-refractivity contribution in [3.05, 3.63) is 46.0 Å². The van der Waals surface area contributed by atoms with Crippen molar-refractivity contribution >= 4 is 33.6 Å². The Kier molecular flexibility index (Phi) is 3.77. The van der Waals surface area contributed by atoms with E-state index in [-0.39, 0.29) is 5.82 Å². The van der Waals surface area contributed by atoms with Crippen LogP contribution in [-0.2, 0) is 0 Å². The van der Waals surface area contributed by atoms with Gasteiger partial charge in [0.2, 0.25) is 5.65 Å². The van der Waals surface area contributed by atoms with E-state index in [1.165, 1.54) is 15.7 Å². The highest BCUT2D eigenvalue weighted by atomic mass is 32.1. The molecule has 1 aliphatic rings. The Balaban J connectivity index is 1.45. The molecule has 4 rings (SSSR count). The molecule has 0 atom stereocenters. The fourth-order valence-electron chi connectivity index (χ4n) is 2.97. The molecule has 0 aromatic carbocycles. The topological polar surface area (TPSA) is 88.6 Å². The predicted octanol–water partition coefficient (Wildman–Crippen LogP) is 2.78. The van der Waals surface area contributed by atoms with Gasteiger partial charge in [-0.05, 0) is 41.3 Å². The predicted molar refractivity (Wildman–Crippen MR) is 92.8 cm³/mol. The summed E-state index contributed by atoms with van der Waals surface area (Å²) < 4.78 is 1.27. The number of nitrogens with zero attached hydrogens (tertiary/aromatic N) is 5. The molecule has 0 unspecified atom stereocenters. The zero-order chi connectivity index (χ0) is 16.5. The quantitative estimate of drug-likeness (QED) is 0.578. The van der Waals surface area contributed by atoms with Crippen molar-refractivity contribution in [2.75, 3.05) is 23.3 Å². The largest absolute Gasteiger partial charge is 0.368 e. The van der Waals surface area contributed by atoms with Crippen molar-refractivity contribution in [1.29, 1.82) is 0 Å². The van der Waals surface area contributed by atoms with E-state index < -0.39 is 4.92 Å². The second-order valence-corrected chi connectivity index (χ2v) is 6.65. The van der Waals surface area contributed by atoms with Crippen LogP contribution in [0.2, 0.25) is 0 Å². The van der Waals surface area contributed by atoms with Gasteiger partial charge in [-0.2, -0.15) is 0 Å².